The summed E-state index contributed by atoms with van der Waals surface area (Å²) in [6, 6.07) is 19.7. The zero-order chi connectivity index (χ0) is 13.1. The first-order valence-electron chi connectivity index (χ1n) is 6.06. The van der Waals surface area contributed by atoms with Gasteiger partial charge in [-0.25, -0.2) is 0 Å². The number of aromatic amines is 1. The molecule has 3 aromatic rings. The van der Waals surface area contributed by atoms with Crippen LogP contribution in [0.3, 0.4) is 0 Å². The van der Waals surface area contributed by atoms with Crippen LogP contribution in [0.5, 0.6) is 0 Å². The number of benzene rings is 2. The molecule has 3 rings (SSSR count). The second-order valence-electron chi connectivity index (χ2n) is 4.22. The first kappa shape index (κ1) is 11.3. The van der Waals surface area contributed by atoms with Gasteiger partial charge < -0.3 is 11.1 Å². The Morgan fingerprint density at radius 1 is 0.895 bits per heavy atom. The minimum absolute atomic E-state index is 0.620. The monoisotopic (exact) mass is 250 g/mol. The van der Waals surface area contributed by atoms with E-state index in [-0.39, 0.29) is 0 Å². The molecule has 4 heteroatoms. The third-order valence-electron chi connectivity index (χ3n) is 2.90. The molecule has 0 unspecified atom stereocenters. The fourth-order valence-electron chi connectivity index (χ4n) is 1.93. The van der Waals surface area contributed by atoms with Crippen molar-refractivity contribution in [1.29, 1.82) is 0 Å². The van der Waals surface area contributed by atoms with Crippen LogP contribution in [0.15, 0.2) is 60.7 Å². The van der Waals surface area contributed by atoms with Crippen LogP contribution in [0, 0.1) is 0 Å². The summed E-state index contributed by atoms with van der Waals surface area (Å²) < 4.78 is 0. The Hall–Kier alpha value is -2.75. The minimum atomic E-state index is 0.620. The number of hydrogen-bond donors (Lipinski definition) is 3. The van der Waals surface area contributed by atoms with E-state index < -0.39 is 0 Å². The predicted octanol–water partition coefficient (Wildman–Crippen LogP) is 3.40. The highest BCUT2D eigenvalue weighted by atomic mass is 15.2. The largest absolute Gasteiger partial charge is 0.394 e. The third kappa shape index (κ3) is 2.28. The second kappa shape index (κ2) is 4.86. The molecular weight excluding hydrogens is 236 g/mol. The second-order valence-corrected chi connectivity index (χ2v) is 4.22. The molecule has 0 fully saturated rings. The quantitative estimate of drug-likeness (QED) is 0.667. The number of anilines is 3. The molecule has 94 valence electrons. The summed E-state index contributed by atoms with van der Waals surface area (Å²) in [6.07, 6.45) is 0. The van der Waals surface area contributed by atoms with Crippen molar-refractivity contribution in [3.8, 4) is 11.3 Å². The van der Waals surface area contributed by atoms with E-state index in [4.69, 9.17) is 5.73 Å². The molecular formula is C15H14N4. The van der Waals surface area contributed by atoms with E-state index in [2.05, 4.69) is 15.5 Å². The summed E-state index contributed by atoms with van der Waals surface area (Å²) in [6.45, 7) is 0. The molecule has 0 atom stereocenters. The van der Waals surface area contributed by atoms with Crippen LogP contribution in [0.1, 0.15) is 0 Å². The van der Waals surface area contributed by atoms with Gasteiger partial charge in [-0.05, 0) is 12.1 Å². The number of nitrogens with one attached hydrogen (secondary N) is 2. The number of aromatic nitrogens is 2. The first-order valence-corrected chi connectivity index (χ1v) is 6.06. The van der Waals surface area contributed by atoms with Gasteiger partial charge in [0, 0.05) is 11.3 Å². The van der Waals surface area contributed by atoms with Crippen molar-refractivity contribution in [1.82, 2.24) is 10.2 Å². The van der Waals surface area contributed by atoms with E-state index in [0.717, 1.165) is 16.9 Å². The highest BCUT2D eigenvalue weighted by Gasteiger charge is 2.11. The van der Waals surface area contributed by atoms with Crippen LogP contribution in [-0.4, -0.2) is 10.2 Å². The topological polar surface area (TPSA) is 66.7 Å². The van der Waals surface area contributed by atoms with Crippen molar-refractivity contribution >= 4 is 17.2 Å². The van der Waals surface area contributed by atoms with Crippen LogP contribution in [-0.2, 0) is 0 Å². The molecule has 0 radical (unpaired) electrons. The van der Waals surface area contributed by atoms with Gasteiger partial charge in [-0.1, -0.05) is 48.5 Å². The van der Waals surface area contributed by atoms with Crippen molar-refractivity contribution in [2.75, 3.05) is 11.1 Å². The molecule has 0 aliphatic heterocycles. The SMILES string of the molecule is Nc1c(Nc2ccccc2)n[nH]c1-c1ccccc1. The molecule has 2 aromatic carbocycles. The van der Waals surface area contributed by atoms with Crippen LogP contribution in [0.25, 0.3) is 11.3 Å². The fraction of sp³-hybridized carbons (Fsp3) is 0. The Morgan fingerprint density at radius 3 is 2.21 bits per heavy atom. The van der Waals surface area contributed by atoms with Gasteiger partial charge in [-0.15, -0.1) is 0 Å². The summed E-state index contributed by atoms with van der Waals surface area (Å²) in [5.41, 5.74) is 9.56. The van der Waals surface area contributed by atoms with Crippen molar-refractivity contribution in [2.24, 2.45) is 0 Å². The molecule has 4 N–H and O–H groups in total. The number of para-hydroxylation sites is 1. The summed E-state index contributed by atoms with van der Waals surface area (Å²) in [4.78, 5) is 0. The fourth-order valence-corrected chi connectivity index (χ4v) is 1.93. The Labute approximate surface area is 111 Å². The van der Waals surface area contributed by atoms with Gasteiger partial charge in [0.05, 0.1) is 5.69 Å². The van der Waals surface area contributed by atoms with E-state index in [1.54, 1.807) is 0 Å². The van der Waals surface area contributed by atoms with Gasteiger partial charge in [-0.3, -0.25) is 5.10 Å². The maximum Gasteiger partial charge on any atom is 0.176 e. The highest BCUT2D eigenvalue weighted by molar-refractivity contribution is 5.82. The molecule has 0 spiro atoms. The maximum absolute atomic E-state index is 6.13. The third-order valence-corrected chi connectivity index (χ3v) is 2.90. The maximum atomic E-state index is 6.13. The standard InChI is InChI=1S/C15H14N4/c16-13-14(11-7-3-1-4-8-11)18-19-15(13)17-12-9-5-2-6-10-12/h1-10H,16H2,(H2,17,18,19). The molecule has 1 aromatic heterocycles. The summed E-state index contributed by atoms with van der Waals surface area (Å²) in [5, 5.41) is 10.4. The molecule has 0 aliphatic rings. The van der Waals surface area contributed by atoms with E-state index in [1.165, 1.54) is 0 Å². The van der Waals surface area contributed by atoms with Crippen molar-refractivity contribution in [2.45, 2.75) is 0 Å². The van der Waals surface area contributed by atoms with E-state index >= 15 is 0 Å². The van der Waals surface area contributed by atoms with Crippen LogP contribution in [0.2, 0.25) is 0 Å². The zero-order valence-electron chi connectivity index (χ0n) is 10.3. The molecule has 0 bridgehead atoms. The van der Waals surface area contributed by atoms with E-state index in [1.807, 2.05) is 60.7 Å². The average Bonchev–Trinajstić information content (AvgIpc) is 2.82. The summed E-state index contributed by atoms with van der Waals surface area (Å²) in [5.74, 6) is 0.644. The van der Waals surface area contributed by atoms with Crippen molar-refractivity contribution in [3.63, 3.8) is 0 Å². The Kier molecular flexibility index (Phi) is 2.90. The highest BCUT2D eigenvalue weighted by Crippen LogP contribution is 2.30. The Bertz CT molecular complexity index is 659. The number of nitrogens with two attached hydrogens (primary N) is 1. The van der Waals surface area contributed by atoms with Gasteiger partial charge >= 0.3 is 0 Å². The van der Waals surface area contributed by atoms with Gasteiger partial charge in [0.15, 0.2) is 5.82 Å². The number of hydrogen-bond acceptors (Lipinski definition) is 3. The molecule has 0 aliphatic carbocycles. The van der Waals surface area contributed by atoms with Gasteiger partial charge in [0.25, 0.3) is 0 Å². The zero-order valence-corrected chi connectivity index (χ0v) is 10.3. The minimum Gasteiger partial charge on any atom is -0.394 e. The summed E-state index contributed by atoms with van der Waals surface area (Å²) >= 11 is 0. The first-order chi connectivity index (χ1) is 9.34. The Morgan fingerprint density at radius 2 is 1.53 bits per heavy atom. The predicted molar refractivity (Wildman–Crippen MR) is 78.2 cm³/mol. The lowest BCUT2D eigenvalue weighted by Crippen LogP contribution is -1.95. The normalized spacial score (nSPS) is 10.3. The number of nitrogens with zero attached hydrogens (tertiary/aromatic N) is 1. The number of H-pyrrole nitrogens is 1. The molecule has 19 heavy (non-hydrogen) atoms. The van der Waals surface area contributed by atoms with Gasteiger partial charge in [0.1, 0.15) is 5.69 Å². The van der Waals surface area contributed by atoms with Crippen LogP contribution < -0.4 is 11.1 Å². The lowest BCUT2D eigenvalue weighted by molar-refractivity contribution is 1.10. The van der Waals surface area contributed by atoms with Crippen LogP contribution in [0.4, 0.5) is 17.2 Å². The molecule has 1 heterocycles. The number of nitrogen functional groups attached to an aromatic ring is 1. The molecule has 4 nitrogen and oxygen atoms in total. The lowest BCUT2D eigenvalue weighted by Gasteiger charge is -2.04. The average molecular weight is 250 g/mol. The van der Waals surface area contributed by atoms with Gasteiger partial charge in [-0.2, -0.15) is 5.10 Å². The van der Waals surface area contributed by atoms with E-state index in [9.17, 15) is 0 Å². The summed E-state index contributed by atoms with van der Waals surface area (Å²) in [7, 11) is 0. The lowest BCUT2D eigenvalue weighted by atomic mass is 10.1. The van der Waals surface area contributed by atoms with Crippen molar-refractivity contribution in [3.05, 3.63) is 60.7 Å². The molecule has 0 saturated carbocycles. The Balaban J connectivity index is 1.92. The number of rotatable bonds is 3. The van der Waals surface area contributed by atoms with Gasteiger partial charge in [0.2, 0.25) is 0 Å². The smallest absolute Gasteiger partial charge is 0.176 e. The van der Waals surface area contributed by atoms with E-state index in [0.29, 0.717) is 11.5 Å². The molecule has 0 amide bonds. The van der Waals surface area contributed by atoms with Crippen molar-refractivity contribution < 1.29 is 0 Å². The van der Waals surface area contributed by atoms with Crippen LogP contribution >= 0.6 is 0 Å². The molecule has 0 saturated heterocycles.